The molecule has 1 rings (SSSR count). The zero-order valence-electron chi connectivity index (χ0n) is 10.5. The maximum Gasteiger partial charge on any atom is 0.409 e. The minimum Gasteiger partial charge on any atom is -0.450 e. The molecule has 0 unspecified atom stereocenters. The fraction of sp³-hybridized carbons (Fsp3) is 0.818. The second-order valence-electron chi connectivity index (χ2n) is 3.96. The highest BCUT2D eigenvalue weighted by atomic mass is 16.6. The van der Waals surface area contributed by atoms with E-state index in [9.17, 15) is 9.59 Å². The molecule has 0 atom stereocenters. The smallest absolute Gasteiger partial charge is 0.409 e. The second-order valence-corrected chi connectivity index (χ2v) is 3.96. The molecule has 1 saturated heterocycles. The van der Waals surface area contributed by atoms with Crippen molar-refractivity contribution >= 4 is 12.1 Å². The van der Waals surface area contributed by atoms with Crippen LogP contribution in [-0.2, 0) is 4.74 Å². The molecule has 0 aromatic carbocycles. The minimum atomic E-state index is -0.260. The van der Waals surface area contributed by atoms with Crippen LogP contribution < -0.4 is 10.6 Å². The first kappa shape index (κ1) is 13.6. The summed E-state index contributed by atoms with van der Waals surface area (Å²) in [4.78, 5) is 24.4. The van der Waals surface area contributed by atoms with Crippen LogP contribution in [0.25, 0.3) is 0 Å². The van der Waals surface area contributed by atoms with Gasteiger partial charge in [0.05, 0.1) is 6.61 Å². The van der Waals surface area contributed by atoms with Gasteiger partial charge in [-0.1, -0.05) is 0 Å². The summed E-state index contributed by atoms with van der Waals surface area (Å²) < 4.78 is 4.92. The Kier molecular flexibility index (Phi) is 5.59. The summed E-state index contributed by atoms with van der Waals surface area (Å²) in [5.41, 5.74) is 0. The highest BCUT2D eigenvalue weighted by Crippen LogP contribution is 2.11. The SMILES string of the molecule is CCNC(=O)NC1CCN(C(=O)OCC)CC1. The number of nitrogens with zero attached hydrogens (tertiary/aromatic N) is 1. The van der Waals surface area contributed by atoms with Crippen LogP contribution in [0.5, 0.6) is 0 Å². The number of carbonyl (C=O) groups excluding carboxylic acids is 2. The largest absolute Gasteiger partial charge is 0.450 e. The summed E-state index contributed by atoms with van der Waals surface area (Å²) in [6.45, 7) is 5.96. The quantitative estimate of drug-likeness (QED) is 0.774. The monoisotopic (exact) mass is 243 g/mol. The normalized spacial score (nSPS) is 16.5. The molecule has 17 heavy (non-hydrogen) atoms. The summed E-state index contributed by atoms with van der Waals surface area (Å²) in [6.07, 6.45) is 1.29. The highest BCUT2D eigenvalue weighted by molar-refractivity contribution is 5.74. The first-order chi connectivity index (χ1) is 8.17. The summed E-state index contributed by atoms with van der Waals surface area (Å²) >= 11 is 0. The van der Waals surface area contributed by atoms with E-state index in [1.165, 1.54) is 0 Å². The molecule has 1 aliphatic rings. The van der Waals surface area contributed by atoms with Crippen molar-refractivity contribution in [2.75, 3.05) is 26.2 Å². The topological polar surface area (TPSA) is 70.7 Å². The van der Waals surface area contributed by atoms with Gasteiger partial charge < -0.3 is 20.3 Å². The third kappa shape index (κ3) is 4.50. The molecule has 1 fully saturated rings. The molecule has 6 nitrogen and oxygen atoms in total. The molecule has 1 aliphatic heterocycles. The molecule has 98 valence electrons. The van der Waals surface area contributed by atoms with E-state index in [0.717, 1.165) is 12.8 Å². The Balaban J connectivity index is 2.26. The molecule has 0 aromatic rings. The van der Waals surface area contributed by atoms with Gasteiger partial charge in [-0.15, -0.1) is 0 Å². The Morgan fingerprint density at radius 1 is 1.29 bits per heavy atom. The van der Waals surface area contributed by atoms with Crippen molar-refractivity contribution in [1.29, 1.82) is 0 Å². The van der Waals surface area contributed by atoms with Gasteiger partial charge in [0, 0.05) is 25.7 Å². The lowest BCUT2D eigenvalue weighted by atomic mass is 10.1. The van der Waals surface area contributed by atoms with E-state index in [1.54, 1.807) is 11.8 Å². The van der Waals surface area contributed by atoms with Gasteiger partial charge in [-0.2, -0.15) is 0 Å². The van der Waals surface area contributed by atoms with Crippen molar-refractivity contribution in [3.63, 3.8) is 0 Å². The number of rotatable bonds is 3. The van der Waals surface area contributed by atoms with E-state index in [1.807, 2.05) is 6.92 Å². The molecule has 0 aromatic heterocycles. The van der Waals surface area contributed by atoms with Gasteiger partial charge in [0.2, 0.25) is 0 Å². The predicted molar refractivity (Wildman–Crippen MR) is 63.8 cm³/mol. The lowest BCUT2D eigenvalue weighted by Crippen LogP contribution is -2.49. The van der Waals surface area contributed by atoms with Gasteiger partial charge in [0.25, 0.3) is 0 Å². The summed E-state index contributed by atoms with van der Waals surface area (Å²) in [7, 11) is 0. The van der Waals surface area contributed by atoms with Gasteiger partial charge in [-0.05, 0) is 26.7 Å². The van der Waals surface area contributed by atoms with Gasteiger partial charge in [-0.25, -0.2) is 9.59 Å². The number of nitrogens with one attached hydrogen (secondary N) is 2. The van der Waals surface area contributed by atoms with Crippen LogP contribution in [0.4, 0.5) is 9.59 Å². The Bertz CT molecular complexity index is 263. The van der Waals surface area contributed by atoms with E-state index in [-0.39, 0.29) is 18.2 Å². The van der Waals surface area contributed by atoms with E-state index < -0.39 is 0 Å². The lowest BCUT2D eigenvalue weighted by Gasteiger charge is -2.31. The van der Waals surface area contributed by atoms with Crippen molar-refractivity contribution in [2.24, 2.45) is 0 Å². The predicted octanol–water partition coefficient (Wildman–Crippen LogP) is 0.926. The van der Waals surface area contributed by atoms with E-state index >= 15 is 0 Å². The molecule has 0 radical (unpaired) electrons. The Labute approximate surface area is 102 Å². The van der Waals surface area contributed by atoms with Gasteiger partial charge in [0.1, 0.15) is 0 Å². The standard InChI is InChI=1S/C11H21N3O3/c1-3-12-10(15)13-9-5-7-14(8-6-9)11(16)17-4-2/h9H,3-8H2,1-2H3,(H2,12,13,15). The maximum absolute atomic E-state index is 11.4. The summed E-state index contributed by atoms with van der Waals surface area (Å²) in [5, 5.41) is 5.57. The van der Waals surface area contributed by atoms with Crippen LogP contribution >= 0.6 is 0 Å². The fourth-order valence-corrected chi connectivity index (χ4v) is 1.82. The second kappa shape index (κ2) is 6.98. The molecule has 3 amide bonds. The Morgan fingerprint density at radius 3 is 2.47 bits per heavy atom. The number of urea groups is 1. The Hall–Kier alpha value is -1.46. The van der Waals surface area contributed by atoms with Crippen LogP contribution in [0.1, 0.15) is 26.7 Å². The first-order valence-corrected chi connectivity index (χ1v) is 6.13. The highest BCUT2D eigenvalue weighted by Gasteiger charge is 2.24. The minimum absolute atomic E-state index is 0.137. The van der Waals surface area contributed by atoms with Crippen molar-refractivity contribution in [1.82, 2.24) is 15.5 Å². The van der Waals surface area contributed by atoms with Gasteiger partial charge in [0.15, 0.2) is 0 Å². The number of likely N-dealkylation sites (tertiary alicyclic amines) is 1. The van der Waals surface area contributed by atoms with Crippen LogP contribution in [0.2, 0.25) is 0 Å². The van der Waals surface area contributed by atoms with Gasteiger partial charge in [-0.3, -0.25) is 0 Å². The van der Waals surface area contributed by atoms with Crippen LogP contribution in [0.15, 0.2) is 0 Å². The van der Waals surface area contributed by atoms with Crippen molar-refractivity contribution in [2.45, 2.75) is 32.7 Å². The zero-order valence-corrected chi connectivity index (χ0v) is 10.5. The summed E-state index contributed by atoms with van der Waals surface area (Å²) in [6, 6.07) is 0.00862. The number of piperidine rings is 1. The number of amides is 3. The van der Waals surface area contributed by atoms with Crippen molar-refractivity contribution < 1.29 is 14.3 Å². The average molecular weight is 243 g/mol. The lowest BCUT2D eigenvalue weighted by molar-refractivity contribution is 0.0957. The molecule has 0 aliphatic carbocycles. The molecular formula is C11H21N3O3. The van der Waals surface area contributed by atoms with E-state index in [0.29, 0.717) is 26.2 Å². The van der Waals surface area contributed by atoms with E-state index in [4.69, 9.17) is 4.74 Å². The molecule has 0 saturated carbocycles. The third-order valence-electron chi connectivity index (χ3n) is 2.69. The maximum atomic E-state index is 11.4. The van der Waals surface area contributed by atoms with Gasteiger partial charge >= 0.3 is 12.1 Å². The van der Waals surface area contributed by atoms with E-state index in [2.05, 4.69) is 10.6 Å². The average Bonchev–Trinajstić information content (AvgIpc) is 2.30. The number of hydrogen-bond donors (Lipinski definition) is 2. The molecular weight excluding hydrogens is 222 g/mol. The third-order valence-corrected chi connectivity index (χ3v) is 2.69. The van der Waals surface area contributed by atoms with Crippen LogP contribution in [-0.4, -0.2) is 49.3 Å². The van der Waals surface area contributed by atoms with Crippen LogP contribution in [0, 0.1) is 0 Å². The number of hydrogen-bond acceptors (Lipinski definition) is 3. The van der Waals surface area contributed by atoms with Crippen molar-refractivity contribution in [3.8, 4) is 0 Å². The molecule has 6 heteroatoms. The molecule has 1 heterocycles. The number of carbonyl (C=O) groups is 2. The van der Waals surface area contributed by atoms with Crippen molar-refractivity contribution in [3.05, 3.63) is 0 Å². The Morgan fingerprint density at radius 2 is 1.94 bits per heavy atom. The summed E-state index contributed by atoms with van der Waals surface area (Å²) in [5.74, 6) is 0. The molecule has 0 spiro atoms. The fourth-order valence-electron chi connectivity index (χ4n) is 1.82. The van der Waals surface area contributed by atoms with Crippen LogP contribution in [0.3, 0.4) is 0 Å². The molecule has 2 N–H and O–H groups in total. The number of ether oxygens (including phenoxy) is 1. The zero-order chi connectivity index (χ0) is 12.7. The molecule has 0 bridgehead atoms. The first-order valence-electron chi connectivity index (χ1n) is 6.13.